The summed E-state index contributed by atoms with van der Waals surface area (Å²) in [6, 6.07) is 16.7. The Hall–Kier alpha value is -2.61. The van der Waals surface area contributed by atoms with Crippen LogP contribution >= 0.6 is 0 Å². The van der Waals surface area contributed by atoms with Crippen molar-refractivity contribution in [2.45, 2.75) is 19.9 Å². The Morgan fingerprint density at radius 1 is 1.04 bits per heavy atom. The fraction of sp³-hybridized carbons (Fsp3) is 0.190. The van der Waals surface area contributed by atoms with Gasteiger partial charge in [-0.2, -0.15) is 0 Å². The Morgan fingerprint density at radius 2 is 1.70 bits per heavy atom. The molecule has 1 N–H and O–H groups in total. The van der Waals surface area contributed by atoms with E-state index in [0.29, 0.717) is 0 Å². The van der Waals surface area contributed by atoms with Crippen LogP contribution in [0.2, 0.25) is 0 Å². The van der Waals surface area contributed by atoms with Gasteiger partial charge in [-0.05, 0) is 53.8 Å². The maximum atomic E-state index is 4.48. The van der Waals surface area contributed by atoms with Crippen LogP contribution in [-0.2, 0) is 0 Å². The highest BCUT2D eigenvalue weighted by Crippen LogP contribution is 2.40. The fourth-order valence-electron chi connectivity index (χ4n) is 3.07. The lowest BCUT2D eigenvalue weighted by atomic mass is 10.1. The summed E-state index contributed by atoms with van der Waals surface area (Å²) in [5.74, 6) is 0. The molecule has 0 spiro atoms. The van der Waals surface area contributed by atoms with Crippen LogP contribution < -0.4 is 5.32 Å². The first kappa shape index (κ1) is 15.3. The smallest absolute Gasteiger partial charge is 0.0768 e. The first-order chi connectivity index (χ1) is 11.1. The van der Waals surface area contributed by atoms with E-state index in [2.05, 4.69) is 66.8 Å². The molecule has 0 aliphatic heterocycles. The first-order valence-corrected chi connectivity index (χ1v) is 7.97. The van der Waals surface area contributed by atoms with Crippen LogP contribution in [-0.4, -0.2) is 18.3 Å². The summed E-state index contributed by atoms with van der Waals surface area (Å²) in [5.41, 5.74) is 7.80. The van der Waals surface area contributed by atoms with Gasteiger partial charge in [0.25, 0.3) is 0 Å². The molecule has 0 aromatic heterocycles. The average molecular weight is 302 g/mol. The Kier molecular flexibility index (Phi) is 4.16. The molecule has 0 saturated heterocycles. The van der Waals surface area contributed by atoms with Crippen LogP contribution in [0.25, 0.3) is 11.1 Å². The van der Waals surface area contributed by atoms with Gasteiger partial charge in [0.1, 0.15) is 0 Å². The van der Waals surface area contributed by atoms with E-state index in [9.17, 15) is 0 Å². The summed E-state index contributed by atoms with van der Waals surface area (Å²) in [5, 5.41) is 3.57. The van der Waals surface area contributed by atoms with Crippen LogP contribution in [0.1, 0.15) is 30.5 Å². The number of fused-ring (bicyclic) bond motifs is 1. The molecule has 0 unspecified atom stereocenters. The van der Waals surface area contributed by atoms with Gasteiger partial charge in [0, 0.05) is 17.9 Å². The molecule has 2 heteroatoms. The number of nitrogens with zero attached hydrogens (tertiary/aromatic N) is 1. The molecule has 0 saturated carbocycles. The molecule has 0 atom stereocenters. The van der Waals surface area contributed by atoms with Crippen molar-refractivity contribution in [3.8, 4) is 0 Å². The molecule has 0 bridgehead atoms. The maximum absolute atomic E-state index is 4.48. The highest BCUT2D eigenvalue weighted by molar-refractivity contribution is 6.00. The number of benzene rings is 2. The lowest BCUT2D eigenvalue weighted by molar-refractivity contribution is 1.12. The Morgan fingerprint density at radius 3 is 2.30 bits per heavy atom. The number of rotatable bonds is 4. The second-order valence-corrected chi connectivity index (χ2v) is 5.81. The average Bonchev–Trinajstić information content (AvgIpc) is 2.81. The summed E-state index contributed by atoms with van der Waals surface area (Å²) >= 11 is 0. The van der Waals surface area contributed by atoms with Crippen molar-refractivity contribution in [2.75, 3.05) is 11.9 Å². The van der Waals surface area contributed by atoms with Gasteiger partial charge in [0.05, 0.1) is 6.04 Å². The summed E-state index contributed by atoms with van der Waals surface area (Å²) in [6.45, 7) is 13.4. The van der Waals surface area contributed by atoms with E-state index in [1.807, 2.05) is 19.1 Å². The molecule has 0 radical (unpaired) electrons. The highest BCUT2D eigenvalue weighted by atomic mass is 14.9. The van der Waals surface area contributed by atoms with Crippen molar-refractivity contribution in [3.05, 3.63) is 78.4 Å². The van der Waals surface area contributed by atoms with E-state index in [0.717, 1.165) is 34.7 Å². The van der Waals surface area contributed by atoms with Crippen LogP contribution in [0.3, 0.4) is 0 Å². The monoisotopic (exact) mass is 302 g/mol. The minimum Gasteiger partial charge on any atom is -0.374 e. The Labute approximate surface area is 138 Å². The largest absolute Gasteiger partial charge is 0.374 e. The van der Waals surface area contributed by atoms with E-state index < -0.39 is 0 Å². The molecule has 1 aliphatic rings. The predicted molar refractivity (Wildman–Crippen MR) is 101 cm³/mol. The minimum absolute atomic E-state index is 0.0473. The van der Waals surface area contributed by atoms with E-state index in [1.54, 1.807) is 0 Å². The normalized spacial score (nSPS) is 15.0. The second kappa shape index (κ2) is 6.25. The summed E-state index contributed by atoms with van der Waals surface area (Å²) in [7, 11) is 0. The number of nitrogens with one attached hydrogen (secondary N) is 1. The molecule has 0 fully saturated rings. The van der Waals surface area contributed by atoms with Gasteiger partial charge >= 0.3 is 0 Å². The van der Waals surface area contributed by atoms with Crippen molar-refractivity contribution in [2.24, 2.45) is 4.99 Å². The van der Waals surface area contributed by atoms with Crippen LogP contribution in [0.5, 0.6) is 0 Å². The van der Waals surface area contributed by atoms with E-state index in [4.69, 9.17) is 0 Å². The number of aliphatic imine (C=N–C) groups is 1. The van der Waals surface area contributed by atoms with Crippen molar-refractivity contribution in [3.63, 3.8) is 0 Å². The van der Waals surface area contributed by atoms with Crippen molar-refractivity contribution >= 4 is 22.5 Å². The predicted octanol–water partition coefficient (Wildman–Crippen LogP) is 5.04. The zero-order valence-electron chi connectivity index (χ0n) is 13.8. The molecule has 0 heterocycles. The van der Waals surface area contributed by atoms with Gasteiger partial charge in [-0.25, -0.2) is 0 Å². The Bertz CT molecular complexity index is 764. The molecule has 116 valence electrons. The zero-order chi connectivity index (χ0) is 16.4. The molecular weight excluding hydrogens is 280 g/mol. The fourth-order valence-corrected chi connectivity index (χ4v) is 3.07. The molecule has 2 nitrogen and oxygen atoms in total. The van der Waals surface area contributed by atoms with Gasteiger partial charge < -0.3 is 5.32 Å². The van der Waals surface area contributed by atoms with E-state index in [-0.39, 0.29) is 6.04 Å². The third kappa shape index (κ3) is 2.85. The lowest BCUT2D eigenvalue weighted by Gasteiger charge is -2.17. The third-order valence-corrected chi connectivity index (χ3v) is 4.30. The highest BCUT2D eigenvalue weighted by Gasteiger charge is 2.28. The first-order valence-electron chi connectivity index (χ1n) is 7.97. The van der Waals surface area contributed by atoms with Crippen molar-refractivity contribution in [1.82, 2.24) is 0 Å². The van der Waals surface area contributed by atoms with Gasteiger partial charge in [0.15, 0.2) is 0 Å². The summed E-state index contributed by atoms with van der Waals surface area (Å²) in [4.78, 5) is 4.48. The van der Waals surface area contributed by atoms with Crippen molar-refractivity contribution in [1.29, 1.82) is 0 Å². The maximum Gasteiger partial charge on any atom is 0.0768 e. The molecule has 3 rings (SSSR count). The minimum atomic E-state index is 0.0473. The quantitative estimate of drug-likeness (QED) is 0.786. The van der Waals surface area contributed by atoms with Crippen LogP contribution in [0, 0.1) is 0 Å². The topological polar surface area (TPSA) is 24.4 Å². The number of anilines is 1. The Balaban J connectivity index is 1.87. The van der Waals surface area contributed by atoms with Gasteiger partial charge in [-0.1, -0.05) is 49.6 Å². The van der Waals surface area contributed by atoms with E-state index >= 15 is 0 Å². The van der Waals surface area contributed by atoms with Gasteiger partial charge in [-0.15, -0.1) is 0 Å². The van der Waals surface area contributed by atoms with Gasteiger partial charge in [-0.3, -0.25) is 4.99 Å². The third-order valence-electron chi connectivity index (χ3n) is 4.30. The molecule has 23 heavy (non-hydrogen) atoms. The standard InChI is InChI=1S/C21H22N2/c1-5-22-16(4)17-9-8-10-18(13-17)23-21-14(2)19-11-6-7-12-20(19)15(21)3/h6-13,21,23H,2-3,5H2,1,4H3/b22-16+. The molecule has 2 aromatic rings. The molecule has 1 aliphatic carbocycles. The van der Waals surface area contributed by atoms with Gasteiger partial charge in [0.2, 0.25) is 0 Å². The van der Waals surface area contributed by atoms with Crippen LogP contribution in [0.15, 0.2) is 66.7 Å². The second-order valence-electron chi connectivity index (χ2n) is 5.81. The number of hydrogen-bond acceptors (Lipinski definition) is 2. The molecule has 2 aromatic carbocycles. The van der Waals surface area contributed by atoms with E-state index in [1.165, 1.54) is 11.1 Å². The van der Waals surface area contributed by atoms with Crippen molar-refractivity contribution < 1.29 is 0 Å². The summed E-state index contributed by atoms with van der Waals surface area (Å²) in [6.07, 6.45) is 0. The molecular formula is C21H22N2. The zero-order valence-corrected chi connectivity index (χ0v) is 13.8. The SMILES string of the molecule is C=C1c2ccccc2C(=C)C1Nc1cccc(/C(C)=N/CC)c1. The molecule has 0 amide bonds. The number of hydrogen-bond donors (Lipinski definition) is 1. The summed E-state index contributed by atoms with van der Waals surface area (Å²) < 4.78 is 0. The lowest BCUT2D eigenvalue weighted by Crippen LogP contribution is -2.17. The van der Waals surface area contributed by atoms with Crippen LogP contribution in [0.4, 0.5) is 5.69 Å².